The van der Waals surface area contributed by atoms with E-state index >= 15 is 0 Å². The third kappa shape index (κ3) is 4.17. The van der Waals surface area contributed by atoms with Crippen LogP contribution in [0.1, 0.15) is 54.3 Å². The number of piperidine rings is 1. The lowest BCUT2D eigenvalue weighted by molar-refractivity contribution is 0.0123. The van der Waals surface area contributed by atoms with Gasteiger partial charge in [-0.1, -0.05) is 18.2 Å². The molecule has 0 bridgehead atoms. The third-order valence-corrected chi connectivity index (χ3v) is 5.36. The Bertz CT molecular complexity index is 1040. The number of fused-ring (bicyclic) bond motifs is 1. The first-order chi connectivity index (χ1) is 15.2. The average molecular weight is 440 g/mol. The van der Waals surface area contributed by atoms with Crippen LogP contribution in [-0.2, 0) is 4.74 Å². The number of ether oxygens (including phenoxy) is 2. The molecule has 8 heteroatoms. The lowest BCUT2D eigenvalue weighted by Gasteiger charge is -2.34. The molecule has 1 saturated heterocycles. The van der Waals surface area contributed by atoms with E-state index in [1.54, 1.807) is 49.9 Å². The Labute approximate surface area is 185 Å². The largest absolute Gasteiger partial charge is 0.485 e. The van der Waals surface area contributed by atoms with Crippen molar-refractivity contribution in [2.24, 2.45) is 0 Å². The van der Waals surface area contributed by atoms with Gasteiger partial charge in [-0.25, -0.2) is 14.1 Å². The van der Waals surface area contributed by atoms with Gasteiger partial charge in [-0.2, -0.15) is 0 Å². The summed E-state index contributed by atoms with van der Waals surface area (Å²) in [6, 6.07) is 10.7. The molecule has 2 aliphatic heterocycles. The average Bonchev–Trinajstić information content (AvgIpc) is 2.99. The monoisotopic (exact) mass is 440 g/mol. The Morgan fingerprint density at radius 2 is 1.56 bits per heavy atom. The SMILES string of the molecule is CC(C)(C)OC(=O)N1CCC(Oc2c(F)cccc2N2C(=O)c3ccccc3C2=O)CC1. The molecular formula is C24H25FN2O5. The topological polar surface area (TPSA) is 76.2 Å². The summed E-state index contributed by atoms with van der Waals surface area (Å²) in [7, 11) is 0. The molecule has 0 unspecified atom stereocenters. The molecule has 0 aliphatic carbocycles. The molecular weight excluding hydrogens is 415 g/mol. The maximum absolute atomic E-state index is 14.8. The van der Waals surface area contributed by atoms with E-state index in [0.29, 0.717) is 25.9 Å². The molecule has 0 atom stereocenters. The molecule has 168 valence electrons. The highest BCUT2D eigenvalue weighted by molar-refractivity contribution is 6.34. The molecule has 2 heterocycles. The van der Waals surface area contributed by atoms with Crippen LogP contribution in [0.15, 0.2) is 42.5 Å². The fraction of sp³-hybridized carbons (Fsp3) is 0.375. The number of carbonyl (C=O) groups excluding carboxylic acids is 3. The first kappa shape index (κ1) is 21.8. The number of hydrogen-bond donors (Lipinski definition) is 0. The molecule has 2 aliphatic rings. The van der Waals surface area contributed by atoms with Gasteiger partial charge in [0.25, 0.3) is 11.8 Å². The van der Waals surface area contributed by atoms with Gasteiger partial charge in [-0.05, 0) is 45.0 Å². The second kappa shape index (κ2) is 8.26. The maximum Gasteiger partial charge on any atom is 0.410 e. The van der Waals surface area contributed by atoms with Crippen molar-refractivity contribution in [2.45, 2.75) is 45.3 Å². The van der Waals surface area contributed by atoms with Crippen LogP contribution in [0.4, 0.5) is 14.9 Å². The van der Waals surface area contributed by atoms with E-state index in [1.165, 1.54) is 18.2 Å². The van der Waals surface area contributed by atoms with E-state index in [2.05, 4.69) is 0 Å². The van der Waals surface area contributed by atoms with Gasteiger partial charge in [-0.3, -0.25) is 9.59 Å². The van der Waals surface area contributed by atoms with Crippen molar-refractivity contribution in [2.75, 3.05) is 18.0 Å². The van der Waals surface area contributed by atoms with E-state index in [0.717, 1.165) is 4.90 Å². The number of nitrogens with zero attached hydrogens (tertiary/aromatic N) is 2. The van der Waals surface area contributed by atoms with Crippen LogP contribution in [0.2, 0.25) is 0 Å². The molecule has 3 amide bonds. The second-order valence-electron chi connectivity index (χ2n) is 8.86. The lowest BCUT2D eigenvalue weighted by atomic mass is 10.1. The molecule has 0 saturated carbocycles. The van der Waals surface area contributed by atoms with Crippen LogP contribution in [0.25, 0.3) is 0 Å². The van der Waals surface area contributed by atoms with Crippen molar-refractivity contribution >= 4 is 23.6 Å². The Hall–Kier alpha value is -3.42. The number of amides is 3. The number of imide groups is 1. The lowest BCUT2D eigenvalue weighted by Crippen LogP contribution is -2.44. The van der Waals surface area contributed by atoms with Crippen molar-refractivity contribution < 1.29 is 28.2 Å². The summed E-state index contributed by atoms with van der Waals surface area (Å²) in [4.78, 5) is 40.5. The fourth-order valence-electron chi connectivity index (χ4n) is 3.85. The Kier molecular flexibility index (Phi) is 5.62. The minimum absolute atomic E-state index is 0.0748. The van der Waals surface area contributed by atoms with E-state index in [9.17, 15) is 18.8 Å². The van der Waals surface area contributed by atoms with Crippen LogP contribution in [-0.4, -0.2) is 47.6 Å². The normalized spacial score (nSPS) is 16.9. The van der Waals surface area contributed by atoms with Crippen LogP contribution >= 0.6 is 0 Å². The van der Waals surface area contributed by atoms with E-state index in [4.69, 9.17) is 9.47 Å². The molecule has 1 fully saturated rings. The quantitative estimate of drug-likeness (QED) is 0.661. The van der Waals surface area contributed by atoms with Gasteiger partial charge in [0.1, 0.15) is 11.7 Å². The van der Waals surface area contributed by atoms with Crippen LogP contribution in [0.3, 0.4) is 0 Å². The Morgan fingerprint density at radius 3 is 2.12 bits per heavy atom. The first-order valence-corrected chi connectivity index (χ1v) is 10.6. The summed E-state index contributed by atoms with van der Waals surface area (Å²) in [5.41, 5.74) is 0.0429. The minimum atomic E-state index is -0.659. The van der Waals surface area contributed by atoms with Crippen LogP contribution in [0, 0.1) is 5.82 Å². The molecule has 0 aromatic heterocycles. The standard InChI is InChI=1S/C24H25FN2O5/c1-24(2,3)32-23(30)26-13-11-15(12-14-26)31-20-18(25)9-6-10-19(20)27-21(28)16-7-4-5-8-17(16)22(27)29/h4-10,15H,11-14H2,1-3H3. The van der Waals surface area contributed by atoms with Crippen molar-refractivity contribution in [3.8, 4) is 5.75 Å². The smallest absolute Gasteiger partial charge is 0.410 e. The summed E-state index contributed by atoms with van der Waals surface area (Å²) in [5, 5.41) is 0. The van der Waals surface area contributed by atoms with E-state index in [-0.39, 0.29) is 28.7 Å². The predicted molar refractivity (Wildman–Crippen MR) is 115 cm³/mol. The highest BCUT2D eigenvalue weighted by Gasteiger charge is 2.39. The molecule has 2 aromatic carbocycles. The number of anilines is 1. The molecule has 0 radical (unpaired) electrons. The zero-order valence-electron chi connectivity index (χ0n) is 18.3. The van der Waals surface area contributed by atoms with Gasteiger partial charge >= 0.3 is 6.09 Å². The second-order valence-corrected chi connectivity index (χ2v) is 8.86. The Morgan fingerprint density at radius 1 is 0.969 bits per heavy atom. The molecule has 32 heavy (non-hydrogen) atoms. The van der Waals surface area contributed by atoms with Gasteiger partial charge in [0, 0.05) is 25.9 Å². The maximum atomic E-state index is 14.8. The fourth-order valence-corrected chi connectivity index (χ4v) is 3.85. The number of carbonyl (C=O) groups is 3. The number of hydrogen-bond acceptors (Lipinski definition) is 5. The number of halogens is 1. The number of rotatable bonds is 3. The summed E-state index contributed by atoms with van der Waals surface area (Å²) in [5.74, 6) is -1.83. The zero-order chi connectivity index (χ0) is 23.0. The van der Waals surface area contributed by atoms with Gasteiger partial charge in [-0.15, -0.1) is 0 Å². The molecule has 0 spiro atoms. The van der Waals surface area contributed by atoms with E-state index in [1.807, 2.05) is 0 Å². The van der Waals surface area contributed by atoms with Crippen molar-refractivity contribution in [1.29, 1.82) is 0 Å². The summed E-state index contributed by atoms with van der Waals surface area (Å²) in [6.45, 7) is 6.21. The van der Waals surface area contributed by atoms with Crippen molar-refractivity contribution in [1.82, 2.24) is 4.90 Å². The highest BCUT2D eigenvalue weighted by atomic mass is 19.1. The van der Waals surface area contributed by atoms with Gasteiger partial charge in [0.2, 0.25) is 0 Å². The number of para-hydroxylation sites is 1. The number of likely N-dealkylation sites (tertiary alicyclic amines) is 1. The number of benzene rings is 2. The molecule has 2 aromatic rings. The molecule has 0 N–H and O–H groups in total. The van der Waals surface area contributed by atoms with Crippen LogP contribution in [0.5, 0.6) is 5.75 Å². The minimum Gasteiger partial charge on any atom is -0.485 e. The van der Waals surface area contributed by atoms with Crippen LogP contribution < -0.4 is 9.64 Å². The summed E-state index contributed by atoms with van der Waals surface area (Å²) >= 11 is 0. The first-order valence-electron chi connectivity index (χ1n) is 10.6. The third-order valence-electron chi connectivity index (χ3n) is 5.36. The van der Waals surface area contributed by atoms with E-state index < -0.39 is 29.3 Å². The van der Waals surface area contributed by atoms with Gasteiger partial charge in [0.15, 0.2) is 11.6 Å². The van der Waals surface area contributed by atoms with Gasteiger partial charge in [0.05, 0.1) is 16.8 Å². The summed E-state index contributed by atoms with van der Waals surface area (Å²) in [6.07, 6.45) is 0.164. The molecule has 7 nitrogen and oxygen atoms in total. The Balaban J connectivity index is 1.51. The molecule has 4 rings (SSSR count). The van der Waals surface area contributed by atoms with Crippen molar-refractivity contribution in [3.63, 3.8) is 0 Å². The predicted octanol–water partition coefficient (Wildman–Crippen LogP) is 4.40. The summed E-state index contributed by atoms with van der Waals surface area (Å²) < 4.78 is 26.1. The van der Waals surface area contributed by atoms with Crippen molar-refractivity contribution in [3.05, 3.63) is 59.4 Å². The highest BCUT2D eigenvalue weighted by Crippen LogP contribution is 2.38. The zero-order valence-corrected chi connectivity index (χ0v) is 18.3. The van der Waals surface area contributed by atoms with Gasteiger partial charge < -0.3 is 14.4 Å².